The molecule has 0 rings (SSSR count). The van der Waals surface area contributed by atoms with E-state index in [4.69, 9.17) is 0 Å². The second-order valence-corrected chi connectivity index (χ2v) is 5.09. The molecule has 0 aliphatic rings. The molecule has 0 aromatic heterocycles. The van der Waals surface area contributed by atoms with Crippen LogP contribution in [0.3, 0.4) is 0 Å². The molecule has 0 atom stereocenters. The van der Waals surface area contributed by atoms with Crippen LogP contribution in [-0.4, -0.2) is 0 Å². The smallest absolute Gasteiger partial charge is 0.00932 e. The average molecular weight is 248 g/mol. The topological polar surface area (TPSA) is 0 Å². The highest BCUT2D eigenvalue weighted by molar-refractivity contribution is 4.90. The molecule has 0 aliphatic heterocycles. The largest absolute Gasteiger partial charge is 0.133 e. The van der Waals surface area contributed by atoms with E-state index in [0.29, 0.717) is 0 Å². The van der Waals surface area contributed by atoms with Gasteiger partial charge in [0.15, 0.2) is 0 Å². The Bertz CT molecular complexity index is 218. The van der Waals surface area contributed by atoms with E-state index in [2.05, 4.69) is 31.4 Å². The van der Waals surface area contributed by atoms with Crippen molar-refractivity contribution in [2.45, 2.75) is 84.0 Å². The average Bonchev–Trinajstić information content (AvgIpc) is 2.39. The summed E-state index contributed by atoms with van der Waals surface area (Å²) in [5.74, 6) is 0. The van der Waals surface area contributed by atoms with E-state index in [-0.39, 0.29) is 0 Å². The molecule has 0 nitrogen and oxygen atoms in total. The normalized spacial score (nSPS) is 10.7. The van der Waals surface area contributed by atoms with Gasteiger partial charge in [-0.05, 0) is 25.3 Å². The highest BCUT2D eigenvalue weighted by Gasteiger charge is 1.91. The van der Waals surface area contributed by atoms with Gasteiger partial charge in [0.05, 0.1) is 0 Å². The third kappa shape index (κ3) is 15.3. The van der Waals surface area contributed by atoms with Gasteiger partial charge in [-0.25, -0.2) is 0 Å². The molecular weight excluding hydrogens is 216 g/mol. The van der Waals surface area contributed by atoms with Gasteiger partial charge in [0.2, 0.25) is 0 Å². The molecule has 0 N–H and O–H groups in total. The van der Waals surface area contributed by atoms with Crippen molar-refractivity contribution >= 4 is 0 Å². The van der Waals surface area contributed by atoms with Crippen molar-refractivity contribution in [3.8, 4) is 0 Å². The summed E-state index contributed by atoms with van der Waals surface area (Å²) in [6.45, 7) is 5.83. The molecule has 0 aromatic rings. The Labute approximate surface area is 115 Å². The van der Waals surface area contributed by atoms with Gasteiger partial charge in [-0.2, -0.15) is 0 Å². The lowest BCUT2D eigenvalue weighted by molar-refractivity contribution is 0.557. The second-order valence-electron chi connectivity index (χ2n) is 5.09. The molecule has 0 heterocycles. The van der Waals surface area contributed by atoms with Crippen LogP contribution in [-0.2, 0) is 0 Å². The van der Waals surface area contributed by atoms with Crippen LogP contribution in [0.4, 0.5) is 0 Å². The summed E-state index contributed by atoms with van der Waals surface area (Å²) in [6.07, 6.45) is 22.9. The Morgan fingerprint density at radius 3 is 1.89 bits per heavy atom. The maximum absolute atomic E-state index is 3.55. The minimum atomic E-state index is 0.987. The lowest BCUT2D eigenvalue weighted by atomic mass is 10.1. The van der Waals surface area contributed by atoms with Gasteiger partial charge in [0, 0.05) is 0 Å². The number of allylic oxidation sites excluding steroid dienone is 3. The molecule has 0 aliphatic carbocycles. The highest BCUT2D eigenvalue weighted by Crippen LogP contribution is 2.11. The van der Waals surface area contributed by atoms with E-state index in [0.717, 1.165) is 6.42 Å². The maximum atomic E-state index is 3.55. The van der Waals surface area contributed by atoms with Gasteiger partial charge < -0.3 is 0 Å². The Kier molecular flexibility index (Phi) is 15.6. The molecule has 0 bridgehead atoms. The van der Waals surface area contributed by atoms with Crippen LogP contribution in [0.1, 0.15) is 84.0 Å². The lowest BCUT2D eigenvalue weighted by Gasteiger charge is -2.01. The minimum absolute atomic E-state index is 0.987. The van der Waals surface area contributed by atoms with Crippen molar-refractivity contribution in [1.29, 1.82) is 0 Å². The van der Waals surface area contributed by atoms with Crippen molar-refractivity contribution in [3.05, 3.63) is 30.5 Å². The van der Waals surface area contributed by atoms with Crippen molar-refractivity contribution < 1.29 is 0 Å². The summed E-state index contributed by atoms with van der Waals surface area (Å²) >= 11 is 0. The van der Waals surface area contributed by atoms with Gasteiger partial charge in [-0.15, -0.1) is 5.73 Å². The summed E-state index contributed by atoms with van der Waals surface area (Å²) in [7, 11) is 0. The summed E-state index contributed by atoms with van der Waals surface area (Å²) in [6, 6.07) is 0. The zero-order chi connectivity index (χ0) is 13.3. The van der Waals surface area contributed by atoms with Crippen LogP contribution in [0.25, 0.3) is 0 Å². The fraction of sp³-hybridized carbons (Fsp3) is 0.722. The fourth-order valence-electron chi connectivity index (χ4n) is 2.12. The summed E-state index contributed by atoms with van der Waals surface area (Å²) < 4.78 is 0. The van der Waals surface area contributed by atoms with E-state index in [1.165, 1.54) is 70.6 Å². The van der Waals surface area contributed by atoms with E-state index in [1.807, 2.05) is 6.08 Å². The van der Waals surface area contributed by atoms with Gasteiger partial charge in [0.1, 0.15) is 0 Å². The number of hydrogen-bond donors (Lipinski definition) is 0. The molecule has 0 fully saturated rings. The van der Waals surface area contributed by atoms with E-state index in [9.17, 15) is 0 Å². The maximum Gasteiger partial charge on any atom is -0.00932 e. The molecule has 0 saturated heterocycles. The van der Waals surface area contributed by atoms with Gasteiger partial charge in [-0.1, -0.05) is 83.4 Å². The fourth-order valence-corrected chi connectivity index (χ4v) is 2.12. The molecule has 0 heteroatoms. The van der Waals surface area contributed by atoms with Crippen molar-refractivity contribution in [2.24, 2.45) is 0 Å². The molecule has 0 aromatic carbocycles. The zero-order valence-electron chi connectivity index (χ0n) is 12.4. The Hall–Kier alpha value is -0.740. The Morgan fingerprint density at radius 1 is 0.778 bits per heavy atom. The first-order valence-electron chi connectivity index (χ1n) is 7.91. The zero-order valence-corrected chi connectivity index (χ0v) is 12.4. The first-order valence-corrected chi connectivity index (χ1v) is 7.91. The minimum Gasteiger partial charge on any atom is -0.133 e. The molecule has 0 amide bonds. The summed E-state index contributed by atoms with van der Waals surface area (Å²) in [4.78, 5) is 0. The molecule has 104 valence electrons. The Balaban J connectivity index is 3.02. The highest BCUT2D eigenvalue weighted by atomic mass is 14.0. The first kappa shape index (κ1) is 17.3. The summed E-state index contributed by atoms with van der Waals surface area (Å²) in [5, 5.41) is 0. The van der Waals surface area contributed by atoms with Gasteiger partial charge in [0.25, 0.3) is 0 Å². The van der Waals surface area contributed by atoms with Gasteiger partial charge >= 0.3 is 0 Å². The van der Waals surface area contributed by atoms with Crippen LogP contribution in [0.15, 0.2) is 30.5 Å². The molecule has 0 unspecified atom stereocenters. The molecule has 18 heavy (non-hydrogen) atoms. The van der Waals surface area contributed by atoms with E-state index >= 15 is 0 Å². The van der Waals surface area contributed by atoms with Crippen LogP contribution < -0.4 is 0 Å². The predicted octanol–water partition coefficient (Wildman–Crippen LogP) is 6.58. The van der Waals surface area contributed by atoms with Crippen LogP contribution in [0.2, 0.25) is 0 Å². The molecule has 0 spiro atoms. The second kappa shape index (κ2) is 16.3. The van der Waals surface area contributed by atoms with Crippen LogP contribution in [0.5, 0.6) is 0 Å². The molecule has 0 saturated carbocycles. The number of hydrogen-bond acceptors (Lipinski definition) is 0. The lowest BCUT2D eigenvalue weighted by Crippen LogP contribution is -1.81. The Morgan fingerprint density at radius 2 is 1.33 bits per heavy atom. The van der Waals surface area contributed by atoms with Crippen molar-refractivity contribution in [2.75, 3.05) is 0 Å². The quantitative estimate of drug-likeness (QED) is 0.196. The van der Waals surface area contributed by atoms with Gasteiger partial charge in [-0.3, -0.25) is 0 Å². The third-order valence-corrected chi connectivity index (χ3v) is 3.29. The standard InChI is InChI=1S/C18H32/c1-3-5-7-9-11-13-15-17-18-16-14-12-10-8-6-4-2/h5,9,11H,1,4,6-8,10,12-18H2,2H3. The molecular formula is C18H32. The third-order valence-electron chi connectivity index (χ3n) is 3.29. The first-order chi connectivity index (χ1) is 8.91. The number of unbranched alkanes of at least 4 members (excludes halogenated alkanes) is 10. The van der Waals surface area contributed by atoms with Crippen LogP contribution >= 0.6 is 0 Å². The predicted molar refractivity (Wildman–Crippen MR) is 83.9 cm³/mol. The number of rotatable bonds is 13. The van der Waals surface area contributed by atoms with E-state index < -0.39 is 0 Å². The van der Waals surface area contributed by atoms with Crippen molar-refractivity contribution in [3.63, 3.8) is 0 Å². The monoisotopic (exact) mass is 248 g/mol. The SMILES string of the molecule is C=C=CCC=CCCCCCCCCCCCC. The van der Waals surface area contributed by atoms with Crippen LogP contribution in [0, 0.1) is 0 Å². The molecule has 0 radical (unpaired) electrons. The van der Waals surface area contributed by atoms with Crippen molar-refractivity contribution in [1.82, 2.24) is 0 Å². The summed E-state index contributed by atoms with van der Waals surface area (Å²) in [5.41, 5.74) is 2.78. The van der Waals surface area contributed by atoms with E-state index in [1.54, 1.807) is 0 Å².